The van der Waals surface area contributed by atoms with Gasteiger partial charge in [-0.1, -0.05) is 17.7 Å². The Kier molecular flexibility index (Phi) is 2.62. The molecule has 0 aromatic heterocycles. The number of ether oxygens (including phenoxy) is 1. The molecule has 0 bridgehead atoms. The summed E-state index contributed by atoms with van der Waals surface area (Å²) in [4.78, 5) is 0. The van der Waals surface area contributed by atoms with Crippen molar-refractivity contribution in [2.24, 2.45) is 11.7 Å². The van der Waals surface area contributed by atoms with Crippen molar-refractivity contribution >= 4 is 0 Å². The Hall–Kier alpha value is -1.02. The van der Waals surface area contributed by atoms with Gasteiger partial charge in [0.15, 0.2) is 0 Å². The van der Waals surface area contributed by atoms with Gasteiger partial charge in [0.2, 0.25) is 0 Å². The molecule has 0 spiro atoms. The van der Waals surface area contributed by atoms with Crippen molar-refractivity contribution in [2.45, 2.75) is 44.6 Å². The smallest absolute Gasteiger partial charge is 0.122 e. The molecule has 0 atom stereocenters. The van der Waals surface area contributed by atoms with Gasteiger partial charge in [-0.05, 0) is 56.6 Å². The molecular weight excluding hydrogens is 210 g/mol. The van der Waals surface area contributed by atoms with Gasteiger partial charge in [-0.25, -0.2) is 0 Å². The monoisotopic (exact) mass is 231 g/mol. The minimum atomic E-state index is 0.0610. The average molecular weight is 231 g/mol. The number of hydrogen-bond donors (Lipinski definition) is 1. The standard InChI is InChI=1S/C15H21NO/c1-11-2-5-14(17-10-12-3-4-12)13(8-11)9-15(16)6-7-15/h2,5,8,12H,3-4,6-7,9-10,16H2,1H3. The van der Waals surface area contributed by atoms with Crippen LogP contribution < -0.4 is 10.5 Å². The van der Waals surface area contributed by atoms with Crippen LogP contribution in [0, 0.1) is 12.8 Å². The minimum Gasteiger partial charge on any atom is -0.493 e. The first-order valence-corrected chi connectivity index (χ1v) is 6.66. The molecule has 2 aliphatic rings. The van der Waals surface area contributed by atoms with Gasteiger partial charge in [-0.3, -0.25) is 0 Å². The van der Waals surface area contributed by atoms with E-state index >= 15 is 0 Å². The molecule has 2 nitrogen and oxygen atoms in total. The lowest BCUT2D eigenvalue weighted by molar-refractivity contribution is 0.296. The van der Waals surface area contributed by atoms with Crippen molar-refractivity contribution < 1.29 is 4.74 Å². The maximum Gasteiger partial charge on any atom is 0.122 e. The summed E-state index contributed by atoms with van der Waals surface area (Å²) in [6.45, 7) is 3.01. The molecule has 1 aromatic carbocycles. The highest BCUT2D eigenvalue weighted by Gasteiger charge is 2.38. The van der Waals surface area contributed by atoms with Crippen LogP contribution in [0.15, 0.2) is 18.2 Å². The summed E-state index contributed by atoms with van der Waals surface area (Å²) >= 11 is 0. The van der Waals surface area contributed by atoms with Gasteiger partial charge in [0.05, 0.1) is 6.61 Å². The van der Waals surface area contributed by atoms with Crippen molar-refractivity contribution in [1.29, 1.82) is 0 Å². The summed E-state index contributed by atoms with van der Waals surface area (Å²) in [6.07, 6.45) is 5.95. The fourth-order valence-corrected chi connectivity index (χ4v) is 2.20. The largest absolute Gasteiger partial charge is 0.493 e. The maximum atomic E-state index is 6.21. The van der Waals surface area contributed by atoms with Crippen LogP contribution in [0.3, 0.4) is 0 Å². The highest BCUT2D eigenvalue weighted by atomic mass is 16.5. The predicted octanol–water partition coefficient (Wildman–Crippen LogP) is 2.82. The van der Waals surface area contributed by atoms with E-state index in [1.807, 2.05) is 0 Å². The van der Waals surface area contributed by atoms with Crippen LogP contribution in [0.25, 0.3) is 0 Å². The third-order valence-electron chi connectivity index (χ3n) is 3.82. The number of benzene rings is 1. The third kappa shape index (κ3) is 2.81. The van der Waals surface area contributed by atoms with E-state index in [-0.39, 0.29) is 5.54 Å². The molecule has 92 valence electrons. The Morgan fingerprint density at radius 3 is 2.76 bits per heavy atom. The zero-order valence-corrected chi connectivity index (χ0v) is 10.5. The normalized spacial score (nSPS) is 21.3. The summed E-state index contributed by atoms with van der Waals surface area (Å²) in [5, 5.41) is 0. The second-order valence-electron chi connectivity index (χ2n) is 5.90. The quantitative estimate of drug-likeness (QED) is 0.845. The van der Waals surface area contributed by atoms with E-state index in [1.54, 1.807) is 0 Å². The van der Waals surface area contributed by atoms with Crippen LogP contribution in [0.5, 0.6) is 5.75 Å². The Balaban J connectivity index is 1.74. The van der Waals surface area contributed by atoms with Crippen LogP contribution in [0.2, 0.25) is 0 Å². The Labute approximate surface area is 103 Å². The van der Waals surface area contributed by atoms with E-state index in [9.17, 15) is 0 Å². The first-order chi connectivity index (χ1) is 8.15. The van der Waals surface area contributed by atoms with Crippen LogP contribution in [0.1, 0.15) is 36.8 Å². The molecule has 2 fully saturated rings. The van der Waals surface area contributed by atoms with E-state index in [1.165, 1.54) is 24.0 Å². The summed E-state index contributed by atoms with van der Waals surface area (Å²) in [5.74, 6) is 1.86. The predicted molar refractivity (Wildman–Crippen MR) is 69.3 cm³/mol. The second kappa shape index (κ2) is 4.02. The van der Waals surface area contributed by atoms with E-state index in [2.05, 4.69) is 25.1 Å². The van der Waals surface area contributed by atoms with Crippen molar-refractivity contribution in [1.82, 2.24) is 0 Å². The molecule has 1 aromatic rings. The van der Waals surface area contributed by atoms with Gasteiger partial charge in [0.1, 0.15) is 5.75 Å². The summed E-state index contributed by atoms with van der Waals surface area (Å²) in [5.41, 5.74) is 8.86. The fraction of sp³-hybridized carbons (Fsp3) is 0.600. The Morgan fingerprint density at radius 1 is 1.35 bits per heavy atom. The molecule has 17 heavy (non-hydrogen) atoms. The van der Waals surface area contributed by atoms with Crippen LogP contribution >= 0.6 is 0 Å². The van der Waals surface area contributed by atoms with E-state index in [0.717, 1.165) is 37.5 Å². The Bertz CT molecular complexity index is 419. The molecule has 3 rings (SSSR count). The zero-order chi connectivity index (χ0) is 11.9. The molecule has 0 aliphatic heterocycles. The lowest BCUT2D eigenvalue weighted by Gasteiger charge is -2.15. The minimum absolute atomic E-state index is 0.0610. The highest BCUT2D eigenvalue weighted by molar-refractivity contribution is 5.39. The first-order valence-electron chi connectivity index (χ1n) is 6.66. The summed E-state index contributed by atoms with van der Waals surface area (Å²) < 4.78 is 5.93. The van der Waals surface area contributed by atoms with Gasteiger partial charge < -0.3 is 10.5 Å². The third-order valence-corrected chi connectivity index (χ3v) is 3.82. The van der Waals surface area contributed by atoms with Gasteiger partial charge in [0.25, 0.3) is 0 Å². The zero-order valence-electron chi connectivity index (χ0n) is 10.5. The van der Waals surface area contributed by atoms with Gasteiger partial charge >= 0.3 is 0 Å². The molecule has 2 N–H and O–H groups in total. The lowest BCUT2D eigenvalue weighted by Crippen LogP contribution is -2.24. The molecular formula is C15H21NO. The van der Waals surface area contributed by atoms with E-state index in [4.69, 9.17) is 10.5 Å². The van der Waals surface area contributed by atoms with Crippen molar-refractivity contribution in [3.8, 4) is 5.75 Å². The number of rotatable bonds is 5. The van der Waals surface area contributed by atoms with Crippen LogP contribution in [-0.2, 0) is 6.42 Å². The fourth-order valence-electron chi connectivity index (χ4n) is 2.20. The average Bonchev–Trinajstić information content (AvgIpc) is 3.16. The number of nitrogens with two attached hydrogens (primary N) is 1. The van der Waals surface area contributed by atoms with E-state index in [0.29, 0.717) is 0 Å². The van der Waals surface area contributed by atoms with Crippen LogP contribution in [0.4, 0.5) is 0 Å². The van der Waals surface area contributed by atoms with E-state index < -0.39 is 0 Å². The Morgan fingerprint density at radius 2 is 2.12 bits per heavy atom. The van der Waals surface area contributed by atoms with Gasteiger partial charge in [0, 0.05) is 5.54 Å². The molecule has 2 aliphatic carbocycles. The highest BCUT2D eigenvalue weighted by Crippen LogP contribution is 2.38. The number of aryl methyl sites for hydroxylation is 1. The van der Waals surface area contributed by atoms with Crippen molar-refractivity contribution in [3.05, 3.63) is 29.3 Å². The first kappa shape index (κ1) is 11.1. The maximum absolute atomic E-state index is 6.21. The van der Waals surface area contributed by atoms with Crippen molar-refractivity contribution in [2.75, 3.05) is 6.61 Å². The second-order valence-corrected chi connectivity index (χ2v) is 5.90. The van der Waals surface area contributed by atoms with Gasteiger partial charge in [-0.15, -0.1) is 0 Å². The molecule has 0 radical (unpaired) electrons. The molecule has 0 amide bonds. The lowest BCUT2D eigenvalue weighted by atomic mass is 10.0. The summed E-state index contributed by atoms with van der Waals surface area (Å²) in [7, 11) is 0. The molecule has 2 heteroatoms. The molecule has 2 saturated carbocycles. The SMILES string of the molecule is Cc1ccc(OCC2CC2)c(CC2(N)CC2)c1. The van der Waals surface area contributed by atoms with Gasteiger partial charge in [-0.2, -0.15) is 0 Å². The van der Waals surface area contributed by atoms with Crippen LogP contribution in [-0.4, -0.2) is 12.1 Å². The molecule has 0 saturated heterocycles. The topological polar surface area (TPSA) is 35.2 Å². The molecule has 0 heterocycles. The molecule has 0 unspecified atom stereocenters. The van der Waals surface area contributed by atoms with Crippen molar-refractivity contribution in [3.63, 3.8) is 0 Å². The summed E-state index contributed by atoms with van der Waals surface area (Å²) in [6, 6.07) is 6.47. The number of hydrogen-bond acceptors (Lipinski definition) is 2.